The van der Waals surface area contributed by atoms with Gasteiger partial charge < -0.3 is 5.11 Å². The Labute approximate surface area is 112 Å². The second-order valence-electron chi connectivity index (χ2n) is 5.54. The predicted molar refractivity (Wildman–Crippen MR) is 71.2 cm³/mol. The number of aliphatic hydroxyl groups is 1. The number of hydrogen-bond acceptors (Lipinski definition) is 2. The van der Waals surface area contributed by atoms with Crippen molar-refractivity contribution in [2.24, 2.45) is 5.92 Å². The zero-order chi connectivity index (χ0) is 13.3. The summed E-state index contributed by atoms with van der Waals surface area (Å²) in [5.74, 6) is 0.130. The second-order valence-corrected chi connectivity index (χ2v) is 5.95. The lowest BCUT2D eigenvalue weighted by Crippen LogP contribution is -2.32. The van der Waals surface area contributed by atoms with Crippen molar-refractivity contribution >= 4 is 11.6 Å². The molecule has 0 aliphatic carbocycles. The first-order chi connectivity index (χ1) is 8.40. The fraction of sp³-hybridized carbons (Fsp3) is 0.571. The Morgan fingerprint density at radius 1 is 1.50 bits per heavy atom. The minimum atomic E-state index is -0.897. The summed E-state index contributed by atoms with van der Waals surface area (Å²) < 4.78 is 13.1. The Balaban J connectivity index is 2.15. The van der Waals surface area contributed by atoms with E-state index in [9.17, 15) is 9.50 Å². The van der Waals surface area contributed by atoms with Gasteiger partial charge in [-0.2, -0.15) is 0 Å². The minimum Gasteiger partial charge on any atom is -0.384 e. The number of benzene rings is 1. The normalized spacial score (nSPS) is 25.0. The fourth-order valence-corrected chi connectivity index (χ4v) is 2.75. The Bertz CT molecular complexity index is 438. The summed E-state index contributed by atoms with van der Waals surface area (Å²) in [5.41, 5.74) is -0.188. The van der Waals surface area contributed by atoms with Crippen LogP contribution >= 0.6 is 11.6 Å². The highest BCUT2D eigenvalue weighted by Gasteiger charge is 2.37. The molecular weight excluding hydrogens is 253 g/mol. The lowest BCUT2D eigenvalue weighted by Gasteiger charge is -2.25. The maximum atomic E-state index is 13.1. The number of halogens is 2. The first kappa shape index (κ1) is 13.8. The van der Waals surface area contributed by atoms with Crippen LogP contribution in [-0.4, -0.2) is 29.6 Å². The van der Waals surface area contributed by atoms with Gasteiger partial charge in [0.25, 0.3) is 0 Å². The van der Waals surface area contributed by atoms with Crippen LogP contribution in [0.5, 0.6) is 0 Å². The SMILES string of the molecule is CC(C)CN1CCC(O)(c2ccc(F)c(Cl)c2)C1. The molecule has 0 aromatic heterocycles. The standard InChI is InChI=1S/C14H19ClFNO/c1-10(2)8-17-6-5-14(18,9-17)11-3-4-13(16)12(15)7-11/h3-4,7,10,18H,5-6,8-9H2,1-2H3. The van der Waals surface area contributed by atoms with Gasteiger partial charge in [0.1, 0.15) is 11.4 Å². The highest BCUT2D eigenvalue weighted by molar-refractivity contribution is 6.30. The van der Waals surface area contributed by atoms with Crippen molar-refractivity contribution in [1.29, 1.82) is 0 Å². The third-order valence-corrected chi connectivity index (χ3v) is 3.70. The number of likely N-dealkylation sites (tertiary alicyclic amines) is 1. The van der Waals surface area contributed by atoms with E-state index in [0.717, 1.165) is 13.1 Å². The molecule has 1 aromatic carbocycles. The third-order valence-electron chi connectivity index (χ3n) is 3.41. The molecule has 18 heavy (non-hydrogen) atoms. The molecule has 4 heteroatoms. The summed E-state index contributed by atoms with van der Waals surface area (Å²) in [6.45, 7) is 6.74. The molecule has 1 aliphatic rings. The Morgan fingerprint density at radius 2 is 2.22 bits per heavy atom. The largest absolute Gasteiger partial charge is 0.384 e. The van der Waals surface area contributed by atoms with Crippen LogP contribution in [0.2, 0.25) is 5.02 Å². The lowest BCUT2D eigenvalue weighted by atomic mass is 9.93. The first-order valence-electron chi connectivity index (χ1n) is 6.31. The van der Waals surface area contributed by atoms with Crippen molar-refractivity contribution in [3.05, 3.63) is 34.6 Å². The summed E-state index contributed by atoms with van der Waals surface area (Å²) in [6, 6.07) is 4.48. The van der Waals surface area contributed by atoms with E-state index in [-0.39, 0.29) is 5.02 Å². The quantitative estimate of drug-likeness (QED) is 0.913. The van der Waals surface area contributed by atoms with E-state index in [0.29, 0.717) is 24.4 Å². The number of rotatable bonds is 3. The number of hydrogen-bond donors (Lipinski definition) is 1. The Hall–Kier alpha value is -0.640. The number of β-amino-alcohol motifs (C(OH)–C–C–N with tert-alkyl or cyclic N) is 1. The van der Waals surface area contributed by atoms with Crippen LogP contribution < -0.4 is 0 Å². The fourth-order valence-electron chi connectivity index (χ4n) is 2.56. The van der Waals surface area contributed by atoms with Crippen molar-refractivity contribution in [2.45, 2.75) is 25.9 Å². The van der Waals surface area contributed by atoms with E-state index in [1.165, 1.54) is 12.1 Å². The van der Waals surface area contributed by atoms with Gasteiger partial charge in [-0.05, 0) is 30.0 Å². The van der Waals surface area contributed by atoms with Gasteiger partial charge in [0.2, 0.25) is 0 Å². The molecule has 0 amide bonds. The van der Waals surface area contributed by atoms with Crippen molar-refractivity contribution in [1.82, 2.24) is 4.90 Å². The molecule has 1 fully saturated rings. The monoisotopic (exact) mass is 271 g/mol. The summed E-state index contributed by atoms with van der Waals surface area (Å²) in [5, 5.41) is 10.7. The van der Waals surface area contributed by atoms with Gasteiger partial charge in [-0.25, -0.2) is 4.39 Å². The van der Waals surface area contributed by atoms with E-state index >= 15 is 0 Å². The Morgan fingerprint density at radius 3 is 2.83 bits per heavy atom. The molecule has 0 bridgehead atoms. The molecule has 1 atom stereocenters. The van der Waals surface area contributed by atoms with Gasteiger partial charge in [0.05, 0.1) is 5.02 Å². The summed E-state index contributed by atoms with van der Waals surface area (Å²) in [4.78, 5) is 2.24. The van der Waals surface area contributed by atoms with Gasteiger partial charge in [0, 0.05) is 19.6 Å². The van der Waals surface area contributed by atoms with Gasteiger partial charge >= 0.3 is 0 Å². The second kappa shape index (κ2) is 5.16. The molecule has 1 unspecified atom stereocenters. The van der Waals surface area contributed by atoms with Gasteiger partial charge in [-0.1, -0.05) is 31.5 Å². The molecule has 1 heterocycles. The first-order valence-corrected chi connectivity index (χ1v) is 6.69. The maximum Gasteiger partial charge on any atom is 0.141 e. The molecular formula is C14H19ClFNO. The van der Waals surface area contributed by atoms with Gasteiger partial charge in [-0.3, -0.25) is 4.90 Å². The van der Waals surface area contributed by atoms with E-state index in [1.54, 1.807) is 6.07 Å². The number of nitrogens with zero attached hydrogens (tertiary/aromatic N) is 1. The topological polar surface area (TPSA) is 23.5 Å². The van der Waals surface area contributed by atoms with Crippen LogP contribution in [0.4, 0.5) is 4.39 Å². The molecule has 100 valence electrons. The third kappa shape index (κ3) is 2.85. The molecule has 0 saturated carbocycles. The van der Waals surface area contributed by atoms with E-state index in [4.69, 9.17) is 11.6 Å². The molecule has 1 aromatic rings. The molecule has 2 rings (SSSR count). The van der Waals surface area contributed by atoms with Crippen LogP contribution in [0.3, 0.4) is 0 Å². The minimum absolute atomic E-state index is 0.0724. The molecule has 1 aliphatic heterocycles. The average molecular weight is 272 g/mol. The van der Waals surface area contributed by atoms with E-state index < -0.39 is 11.4 Å². The lowest BCUT2D eigenvalue weighted by molar-refractivity contribution is 0.0449. The Kier molecular flexibility index (Phi) is 3.95. The van der Waals surface area contributed by atoms with Crippen LogP contribution in [0.1, 0.15) is 25.8 Å². The highest BCUT2D eigenvalue weighted by Crippen LogP contribution is 2.34. The zero-order valence-corrected chi connectivity index (χ0v) is 11.5. The summed E-state index contributed by atoms with van der Waals surface area (Å²) >= 11 is 5.78. The zero-order valence-electron chi connectivity index (χ0n) is 10.8. The van der Waals surface area contributed by atoms with E-state index in [1.807, 2.05) is 0 Å². The van der Waals surface area contributed by atoms with Crippen molar-refractivity contribution < 1.29 is 9.50 Å². The van der Waals surface area contributed by atoms with Gasteiger partial charge in [0.15, 0.2) is 0 Å². The summed E-state index contributed by atoms with van der Waals surface area (Å²) in [6.07, 6.45) is 0.668. The molecule has 0 radical (unpaired) electrons. The molecule has 0 spiro atoms. The van der Waals surface area contributed by atoms with Crippen molar-refractivity contribution in [3.8, 4) is 0 Å². The van der Waals surface area contributed by atoms with Crippen LogP contribution in [0, 0.1) is 11.7 Å². The highest BCUT2D eigenvalue weighted by atomic mass is 35.5. The molecule has 1 N–H and O–H groups in total. The maximum absolute atomic E-state index is 13.1. The van der Waals surface area contributed by atoms with Crippen LogP contribution in [0.25, 0.3) is 0 Å². The van der Waals surface area contributed by atoms with Gasteiger partial charge in [-0.15, -0.1) is 0 Å². The molecule has 2 nitrogen and oxygen atoms in total. The van der Waals surface area contributed by atoms with E-state index in [2.05, 4.69) is 18.7 Å². The smallest absolute Gasteiger partial charge is 0.141 e. The van der Waals surface area contributed by atoms with Crippen molar-refractivity contribution in [3.63, 3.8) is 0 Å². The van der Waals surface area contributed by atoms with Crippen molar-refractivity contribution in [2.75, 3.05) is 19.6 Å². The molecule has 1 saturated heterocycles. The predicted octanol–water partition coefficient (Wildman–Crippen LogP) is 3.03. The summed E-state index contributed by atoms with van der Waals surface area (Å²) in [7, 11) is 0. The van der Waals surface area contributed by atoms with Crippen LogP contribution in [-0.2, 0) is 5.60 Å². The average Bonchev–Trinajstić information content (AvgIpc) is 2.64. The van der Waals surface area contributed by atoms with Crippen LogP contribution in [0.15, 0.2) is 18.2 Å².